The molecule has 5 atom stereocenters. The van der Waals surface area contributed by atoms with E-state index in [0.717, 1.165) is 0 Å². The first-order valence-electron chi connectivity index (χ1n) is 4.21. The van der Waals surface area contributed by atoms with Crippen LogP contribution < -0.4 is 0 Å². The molecule has 0 saturated carbocycles. The van der Waals surface area contributed by atoms with Gasteiger partial charge in [0.2, 0.25) is 0 Å². The Morgan fingerprint density at radius 3 is 2.64 bits per heavy atom. The van der Waals surface area contributed by atoms with Gasteiger partial charge in [0.1, 0.15) is 17.0 Å². The Kier molecular flexibility index (Phi) is 4.31. The number of alkyl halides is 1. The topological polar surface area (TPSA) is 65.0 Å². The predicted molar refractivity (Wildman–Crippen MR) is 51.0 cm³/mol. The van der Waals surface area contributed by atoms with Gasteiger partial charge in [0, 0.05) is 7.11 Å². The van der Waals surface area contributed by atoms with Gasteiger partial charge in [-0.3, -0.25) is 4.79 Å². The minimum Gasteiger partial charge on any atom is -0.460 e. The number of ether oxygens (including phenoxy) is 3. The zero-order valence-corrected chi connectivity index (χ0v) is 9.51. The zero-order valence-electron chi connectivity index (χ0n) is 7.92. The van der Waals surface area contributed by atoms with Crippen LogP contribution in [0.4, 0.5) is 0 Å². The van der Waals surface area contributed by atoms with Gasteiger partial charge in [-0.05, 0) is 6.92 Å². The largest absolute Gasteiger partial charge is 0.460 e. The van der Waals surface area contributed by atoms with Crippen LogP contribution in [0.2, 0.25) is 0 Å². The molecular formula is C8H13BrO5. The van der Waals surface area contributed by atoms with Crippen LogP contribution in [0.15, 0.2) is 0 Å². The summed E-state index contributed by atoms with van der Waals surface area (Å²) in [7, 11) is 1.50. The summed E-state index contributed by atoms with van der Waals surface area (Å²) in [4.78, 5) is 9.79. The summed E-state index contributed by atoms with van der Waals surface area (Å²) in [5.41, 5.74) is 0. The summed E-state index contributed by atoms with van der Waals surface area (Å²) in [6.45, 7) is 2.09. The summed E-state index contributed by atoms with van der Waals surface area (Å²) in [5, 5.41) is 9.44. The molecule has 1 aliphatic rings. The number of rotatable bonds is 3. The third kappa shape index (κ3) is 2.25. The lowest BCUT2D eigenvalue weighted by Crippen LogP contribution is -2.55. The molecule has 0 unspecified atom stereocenters. The third-order valence-corrected chi connectivity index (χ3v) is 3.18. The maximum atomic E-state index is 10.3. The van der Waals surface area contributed by atoms with E-state index in [2.05, 4.69) is 15.9 Å². The normalized spacial score (nSPS) is 43.3. The van der Waals surface area contributed by atoms with E-state index in [1.807, 2.05) is 0 Å². The van der Waals surface area contributed by atoms with Gasteiger partial charge in [0.15, 0.2) is 6.29 Å². The molecule has 1 fully saturated rings. The van der Waals surface area contributed by atoms with Gasteiger partial charge < -0.3 is 19.3 Å². The van der Waals surface area contributed by atoms with Crippen molar-refractivity contribution in [2.24, 2.45) is 0 Å². The fourth-order valence-corrected chi connectivity index (χ4v) is 2.08. The van der Waals surface area contributed by atoms with Gasteiger partial charge in [-0.2, -0.15) is 0 Å². The van der Waals surface area contributed by atoms with Crippen molar-refractivity contribution in [3.8, 4) is 0 Å². The highest BCUT2D eigenvalue weighted by Gasteiger charge is 2.44. The molecule has 0 amide bonds. The van der Waals surface area contributed by atoms with E-state index in [1.165, 1.54) is 7.11 Å². The maximum absolute atomic E-state index is 10.3. The monoisotopic (exact) mass is 268 g/mol. The molecule has 1 aliphatic heterocycles. The van der Waals surface area contributed by atoms with Crippen molar-refractivity contribution in [2.45, 2.75) is 36.4 Å². The van der Waals surface area contributed by atoms with Crippen molar-refractivity contribution >= 4 is 22.4 Å². The Morgan fingerprint density at radius 2 is 2.14 bits per heavy atom. The highest BCUT2D eigenvalue weighted by Crippen LogP contribution is 2.28. The van der Waals surface area contributed by atoms with Crippen molar-refractivity contribution < 1.29 is 24.1 Å². The van der Waals surface area contributed by atoms with Crippen molar-refractivity contribution in [1.82, 2.24) is 0 Å². The number of carbonyl (C=O) groups excluding carboxylic acids is 1. The molecule has 0 radical (unpaired) electrons. The molecule has 1 heterocycles. The molecule has 0 bridgehead atoms. The molecule has 5 nitrogen and oxygen atoms in total. The Hall–Kier alpha value is -0.170. The predicted octanol–water partition coefficient (Wildman–Crippen LogP) is 0.0436. The average Bonchev–Trinajstić information content (AvgIpc) is 2.14. The second-order valence-corrected chi connectivity index (χ2v) is 4.13. The van der Waals surface area contributed by atoms with Crippen LogP contribution in [0.5, 0.6) is 0 Å². The van der Waals surface area contributed by atoms with Gasteiger partial charge in [-0.1, -0.05) is 15.9 Å². The Bertz CT molecular complexity index is 200. The quantitative estimate of drug-likeness (QED) is 0.579. The van der Waals surface area contributed by atoms with Crippen LogP contribution in [0, 0.1) is 0 Å². The first-order valence-corrected chi connectivity index (χ1v) is 5.13. The van der Waals surface area contributed by atoms with Gasteiger partial charge in [0.25, 0.3) is 6.47 Å². The number of carbonyl (C=O) groups is 1. The second kappa shape index (κ2) is 5.06. The molecule has 1 saturated heterocycles. The van der Waals surface area contributed by atoms with E-state index in [1.54, 1.807) is 6.92 Å². The lowest BCUT2D eigenvalue weighted by atomic mass is 10.0. The minimum absolute atomic E-state index is 0.325. The SMILES string of the molecule is CO[C@@H]1[C@@H](OC=O)[C@H](Br)[C@H](O)O[C@H]1C. The van der Waals surface area contributed by atoms with Crippen LogP contribution in [0.1, 0.15) is 6.92 Å². The van der Waals surface area contributed by atoms with E-state index < -0.39 is 17.2 Å². The number of aliphatic hydroxyl groups is 1. The van der Waals surface area contributed by atoms with Crippen molar-refractivity contribution in [1.29, 1.82) is 0 Å². The second-order valence-electron chi connectivity index (χ2n) is 3.07. The van der Waals surface area contributed by atoms with Gasteiger partial charge in [0.05, 0.1) is 6.10 Å². The third-order valence-electron chi connectivity index (χ3n) is 2.21. The first kappa shape index (κ1) is 11.9. The number of halogens is 1. The van der Waals surface area contributed by atoms with Crippen LogP contribution in [0.25, 0.3) is 0 Å². The Balaban J connectivity index is 2.75. The number of methoxy groups -OCH3 is 1. The van der Waals surface area contributed by atoms with Crippen LogP contribution >= 0.6 is 15.9 Å². The number of hydrogen-bond acceptors (Lipinski definition) is 5. The molecule has 1 rings (SSSR count). The summed E-state index contributed by atoms with van der Waals surface area (Å²) in [5.74, 6) is 0. The maximum Gasteiger partial charge on any atom is 0.293 e. The van der Waals surface area contributed by atoms with E-state index in [9.17, 15) is 9.90 Å². The molecule has 82 valence electrons. The molecule has 0 spiro atoms. The van der Waals surface area contributed by atoms with E-state index in [0.29, 0.717) is 6.47 Å². The van der Waals surface area contributed by atoms with Gasteiger partial charge in [-0.25, -0.2) is 0 Å². The van der Waals surface area contributed by atoms with Crippen molar-refractivity contribution in [2.75, 3.05) is 7.11 Å². The summed E-state index contributed by atoms with van der Waals surface area (Å²) < 4.78 is 15.2. The van der Waals surface area contributed by atoms with Crippen LogP contribution in [-0.2, 0) is 19.0 Å². The highest BCUT2D eigenvalue weighted by molar-refractivity contribution is 9.09. The van der Waals surface area contributed by atoms with E-state index in [4.69, 9.17) is 14.2 Å². The van der Waals surface area contributed by atoms with Crippen LogP contribution in [0.3, 0.4) is 0 Å². The molecule has 14 heavy (non-hydrogen) atoms. The van der Waals surface area contributed by atoms with E-state index >= 15 is 0 Å². The smallest absolute Gasteiger partial charge is 0.293 e. The summed E-state index contributed by atoms with van der Waals surface area (Å²) in [6, 6.07) is 0. The molecule has 0 aliphatic carbocycles. The number of hydrogen-bond donors (Lipinski definition) is 1. The lowest BCUT2D eigenvalue weighted by molar-refractivity contribution is -0.230. The minimum atomic E-state index is -0.999. The Labute approximate surface area is 90.5 Å². The van der Waals surface area contributed by atoms with Crippen molar-refractivity contribution in [3.05, 3.63) is 0 Å². The van der Waals surface area contributed by atoms with Gasteiger partial charge >= 0.3 is 0 Å². The number of aliphatic hydroxyl groups excluding tert-OH is 1. The Morgan fingerprint density at radius 1 is 1.50 bits per heavy atom. The molecule has 1 N–H and O–H groups in total. The molecule has 0 aromatic carbocycles. The molecule has 0 aromatic heterocycles. The highest BCUT2D eigenvalue weighted by atomic mass is 79.9. The fourth-order valence-electron chi connectivity index (χ4n) is 1.53. The molecule has 0 aromatic rings. The summed E-state index contributed by atoms with van der Waals surface area (Å²) in [6.07, 6.45) is -2.25. The van der Waals surface area contributed by atoms with Crippen LogP contribution in [-0.4, -0.2) is 48.1 Å². The van der Waals surface area contributed by atoms with Crippen molar-refractivity contribution in [3.63, 3.8) is 0 Å². The summed E-state index contributed by atoms with van der Waals surface area (Å²) >= 11 is 3.19. The zero-order chi connectivity index (χ0) is 10.7. The van der Waals surface area contributed by atoms with E-state index in [-0.39, 0.29) is 12.2 Å². The first-order chi connectivity index (χ1) is 6.61. The average molecular weight is 269 g/mol. The molecular weight excluding hydrogens is 256 g/mol. The fraction of sp³-hybridized carbons (Fsp3) is 0.875. The lowest BCUT2D eigenvalue weighted by Gasteiger charge is -2.39. The standard InChI is InChI=1S/C8H13BrO5/c1-4-6(12-2)7(13-3-10)5(9)8(11)14-4/h3-8,11H,1-2H3/t4-,5-,6-,7-,8+/m0/s1. The van der Waals surface area contributed by atoms with Gasteiger partial charge in [-0.15, -0.1) is 0 Å². The molecule has 6 heteroatoms.